The van der Waals surface area contributed by atoms with Crippen LogP contribution >= 0.6 is 0 Å². The van der Waals surface area contributed by atoms with Crippen molar-refractivity contribution in [3.63, 3.8) is 0 Å². The molecule has 6 heteroatoms. The lowest BCUT2D eigenvalue weighted by Gasteiger charge is -2.35. The van der Waals surface area contributed by atoms with Gasteiger partial charge in [-0.1, -0.05) is 146 Å². The minimum Gasteiger partial charge on any atom is -0.466 e. The molecule has 0 saturated carbocycles. The molecular formula is C50H90N2O4. The van der Waals surface area contributed by atoms with Gasteiger partial charge in [0.1, 0.15) is 0 Å². The van der Waals surface area contributed by atoms with Crippen molar-refractivity contribution in [2.24, 2.45) is 0 Å². The van der Waals surface area contributed by atoms with Crippen LogP contribution < -0.4 is 0 Å². The smallest absolute Gasteiger partial charge is 0.307 e. The third-order valence-corrected chi connectivity index (χ3v) is 11.1. The minimum atomic E-state index is -0.121. The Hall–Kier alpha value is -2.18. The van der Waals surface area contributed by atoms with E-state index in [4.69, 9.17) is 9.47 Å². The Kier molecular flexibility index (Phi) is 37.9. The maximum absolute atomic E-state index is 12.6. The summed E-state index contributed by atoms with van der Waals surface area (Å²) < 4.78 is 11.2. The van der Waals surface area contributed by atoms with E-state index < -0.39 is 0 Å². The summed E-state index contributed by atoms with van der Waals surface area (Å²) in [5.74, 6) is -0.243. The van der Waals surface area contributed by atoms with E-state index >= 15 is 0 Å². The molecule has 56 heavy (non-hydrogen) atoms. The molecular weight excluding hydrogens is 693 g/mol. The molecule has 0 radical (unpaired) electrons. The molecule has 0 aromatic heterocycles. The van der Waals surface area contributed by atoms with E-state index in [0.29, 0.717) is 45.2 Å². The first-order chi connectivity index (χ1) is 27.6. The molecule has 1 fully saturated rings. The predicted octanol–water partition coefficient (Wildman–Crippen LogP) is 13.7. The summed E-state index contributed by atoms with van der Waals surface area (Å²) in [5, 5.41) is 0. The van der Waals surface area contributed by atoms with Crippen molar-refractivity contribution in [3.8, 4) is 0 Å². The van der Waals surface area contributed by atoms with Crippen molar-refractivity contribution < 1.29 is 19.1 Å². The molecule has 1 rings (SSSR count). The lowest BCUT2D eigenvalue weighted by atomic mass is 10.0. The topological polar surface area (TPSA) is 59.1 Å². The Morgan fingerprint density at radius 1 is 0.536 bits per heavy atom. The van der Waals surface area contributed by atoms with Gasteiger partial charge in [0.05, 0.1) is 26.1 Å². The van der Waals surface area contributed by atoms with Gasteiger partial charge in [-0.25, -0.2) is 0 Å². The van der Waals surface area contributed by atoms with Crippen LogP contribution in [-0.2, 0) is 19.1 Å². The monoisotopic (exact) mass is 783 g/mol. The number of carbonyl (C=O) groups is 2. The predicted molar refractivity (Wildman–Crippen MR) is 241 cm³/mol. The van der Waals surface area contributed by atoms with E-state index in [9.17, 15) is 9.59 Å². The molecule has 1 aliphatic rings. The Balaban J connectivity index is 2.15. The second-order valence-corrected chi connectivity index (χ2v) is 16.3. The van der Waals surface area contributed by atoms with Gasteiger partial charge in [-0.3, -0.25) is 14.5 Å². The highest BCUT2D eigenvalue weighted by molar-refractivity contribution is 5.70. The van der Waals surface area contributed by atoms with Gasteiger partial charge in [-0.05, 0) is 103 Å². The largest absolute Gasteiger partial charge is 0.466 e. The van der Waals surface area contributed by atoms with Gasteiger partial charge in [-0.2, -0.15) is 0 Å². The second-order valence-electron chi connectivity index (χ2n) is 16.3. The molecule has 0 N–H and O–H groups in total. The quantitative estimate of drug-likeness (QED) is 0.0352. The molecule has 0 aliphatic carbocycles. The van der Waals surface area contributed by atoms with E-state index in [0.717, 1.165) is 58.2 Å². The lowest BCUT2D eigenvalue weighted by Crippen LogP contribution is -2.43. The van der Waals surface area contributed by atoms with Crippen LogP contribution in [0.25, 0.3) is 0 Å². The number of carbonyl (C=O) groups excluding carboxylic acids is 2. The first kappa shape index (κ1) is 51.8. The van der Waals surface area contributed by atoms with Crippen LogP contribution in [0.5, 0.6) is 0 Å². The second kappa shape index (κ2) is 41.0. The van der Waals surface area contributed by atoms with E-state index in [-0.39, 0.29) is 11.9 Å². The highest BCUT2D eigenvalue weighted by atomic mass is 16.5. The van der Waals surface area contributed by atoms with Gasteiger partial charge in [0.2, 0.25) is 0 Å². The van der Waals surface area contributed by atoms with Crippen molar-refractivity contribution in [1.29, 1.82) is 0 Å². The summed E-state index contributed by atoms with van der Waals surface area (Å²) in [5.41, 5.74) is 0. The number of piperidine rings is 1. The van der Waals surface area contributed by atoms with Crippen LogP contribution in [0, 0.1) is 0 Å². The summed E-state index contributed by atoms with van der Waals surface area (Å²) in [6, 6.07) is 0.601. The number of unbranched alkanes of at least 4 members (excludes halogenated alkanes) is 18. The number of ether oxygens (including phenoxy) is 2. The zero-order valence-corrected chi connectivity index (χ0v) is 37.2. The van der Waals surface area contributed by atoms with Gasteiger partial charge in [0, 0.05) is 32.2 Å². The summed E-state index contributed by atoms with van der Waals surface area (Å²) in [4.78, 5) is 30.1. The number of allylic oxidation sites excluding steroid dienone is 8. The summed E-state index contributed by atoms with van der Waals surface area (Å²) in [6.07, 6.45) is 51.9. The normalized spacial score (nSPS) is 15.4. The van der Waals surface area contributed by atoms with Gasteiger partial charge in [-0.15, -0.1) is 0 Å². The fourth-order valence-corrected chi connectivity index (χ4v) is 7.29. The van der Waals surface area contributed by atoms with Crippen molar-refractivity contribution in [2.45, 2.75) is 213 Å². The molecule has 1 saturated heterocycles. The first-order valence-corrected chi connectivity index (χ1v) is 23.9. The molecule has 324 valence electrons. The van der Waals surface area contributed by atoms with Crippen LogP contribution in [0.15, 0.2) is 48.6 Å². The van der Waals surface area contributed by atoms with Crippen molar-refractivity contribution in [2.75, 3.05) is 45.9 Å². The van der Waals surface area contributed by atoms with Crippen molar-refractivity contribution in [1.82, 2.24) is 9.80 Å². The number of hydrogen-bond acceptors (Lipinski definition) is 6. The summed E-state index contributed by atoms with van der Waals surface area (Å²) >= 11 is 0. The fourth-order valence-electron chi connectivity index (χ4n) is 7.29. The standard InChI is InChI=1S/C50H90N2O4/c1-4-6-8-10-12-14-16-18-20-22-24-26-28-30-32-36-46-55-49(53)39-42-51(44-45-52-41-35-34-38-48(52)3)43-40-50(54)56-47-37-33-31-29-27-25-23-21-19-17-15-13-11-9-7-5-2/h12-15,18-21,48H,4-11,16-17,22-47H2,1-3H3/b14-12-,15-13-,20-18-,21-19-. The van der Waals surface area contributed by atoms with Crippen LogP contribution in [0.1, 0.15) is 207 Å². The van der Waals surface area contributed by atoms with Gasteiger partial charge >= 0.3 is 11.9 Å². The van der Waals surface area contributed by atoms with Crippen LogP contribution in [0.2, 0.25) is 0 Å². The SMILES string of the molecule is CCCCC/C=C\C/C=C\CCCCCCCCOC(=O)CCN(CCC(=O)OCCCCCCCC/C=C\C/C=C\CCCCC)CCN1CCCCC1C. The highest BCUT2D eigenvalue weighted by Crippen LogP contribution is 2.16. The Morgan fingerprint density at radius 2 is 0.946 bits per heavy atom. The van der Waals surface area contributed by atoms with E-state index in [1.807, 2.05) is 0 Å². The number of rotatable bonds is 39. The molecule has 0 amide bonds. The molecule has 1 heterocycles. The van der Waals surface area contributed by atoms with E-state index in [1.54, 1.807) is 0 Å². The molecule has 6 nitrogen and oxygen atoms in total. The Labute approximate surface area is 347 Å². The third kappa shape index (κ3) is 35.0. The molecule has 1 unspecified atom stereocenters. The van der Waals surface area contributed by atoms with Gasteiger partial charge in [0.25, 0.3) is 0 Å². The van der Waals surface area contributed by atoms with Gasteiger partial charge < -0.3 is 14.4 Å². The summed E-state index contributed by atoms with van der Waals surface area (Å²) in [6.45, 7) is 12.1. The lowest BCUT2D eigenvalue weighted by molar-refractivity contribution is -0.144. The average molecular weight is 783 g/mol. The maximum atomic E-state index is 12.6. The number of nitrogens with zero attached hydrogens (tertiary/aromatic N) is 2. The molecule has 0 spiro atoms. The fraction of sp³-hybridized carbons (Fsp3) is 0.800. The molecule has 1 atom stereocenters. The molecule has 1 aliphatic heterocycles. The third-order valence-electron chi connectivity index (χ3n) is 11.1. The van der Waals surface area contributed by atoms with Crippen molar-refractivity contribution in [3.05, 3.63) is 48.6 Å². The Morgan fingerprint density at radius 3 is 1.38 bits per heavy atom. The van der Waals surface area contributed by atoms with Gasteiger partial charge in [0.15, 0.2) is 0 Å². The zero-order chi connectivity index (χ0) is 40.4. The average Bonchev–Trinajstić information content (AvgIpc) is 3.20. The first-order valence-electron chi connectivity index (χ1n) is 23.9. The molecule has 0 bridgehead atoms. The van der Waals surface area contributed by atoms with Crippen molar-refractivity contribution >= 4 is 11.9 Å². The minimum absolute atomic E-state index is 0.121. The zero-order valence-electron chi connectivity index (χ0n) is 37.2. The Bertz CT molecular complexity index is 939. The number of hydrogen-bond donors (Lipinski definition) is 0. The number of likely N-dealkylation sites (tertiary alicyclic amines) is 1. The molecule has 0 aromatic carbocycles. The number of esters is 2. The van der Waals surface area contributed by atoms with E-state index in [2.05, 4.69) is 79.2 Å². The van der Waals surface area contributed by atoms with Crippen LogP contribution in [0.4, 0.5) is 0 Å². The van der Waals surface area contributed by atoms with Crippen LogP contribution in [0.3, 0.4) is 0 Å². The van der Waals surface area contributed by atoms with E-state index in [1.165, 1.54) is 135 Å². The maximum Gasteiger partial charge on any atom is 0.307 e. The highest BCUT2D eigenvalue weighted by Gasteiger charge is 2.20. The summed E-state index contributed by atoms with van der Waals surface area (Å²) in [7, 11) is 0. The van der Waals surface area contributed by atoms with Crippen LogP contribution in [-0.4, -0.2) is 73.7 Å². The molecule has 0 aromatic rings.